The largest absolute Gasteiger partial charge is 0.441 e. The fraction of sp³-hybridized carbons (Fsp3) is 0.333. The highest BCUT2D eigenvalue weighted by molar-refractivity contribution is 5.78. The minimum absolute atomic E-state index is 0.0607. The highest BCUT2D eigenvalue weighted by atomic mass is 16.4. The first kappa shape index (κ1) is 14.3. The van der Waals surface area contributed by atoms with E-state index in [9.17, 15) is 4.79 Å². The standard InChI is InChI=1S/C15H19N3O2/c1-11-13(10-14(19)17-9-5-8-16)18-15(20-11)12-6-3-2-4-7-12/h2-4,6-7H,5,8-10,16H2,1H3,(H,17,19). The number of oxazole rings is 1. The van der Waals surface area contributed by atoms with E-state index in [1.54, 1.807) is 0 Å². The number of carbonyl (C=O) groups is 1. The molecule has 20 heavy (non-hydrogen) atoms. The maximum absolute atomic E-state index is 11.8. The Hall–Kier alpha value is -2.14. The van der Waals surface area contributed by atoms with Crippen molar-refractivity contribution in [1.82, 2.24) is 10.3 Å². The number of hydrogen-bond acceptors (Lipinski definition) is 4. The molecular formula is C15H19N3O2. The molecule has 0 unspecified atom stereocenters. The zero-order valence-electron chi connectivity index (χ0n) is 11.6. The quantitative estimate of drug-likeness (QED) is 0.784. The van der Waals surface area contributed by atoms with Crippen molar-refractivity contribution < 1.29 is 9.21 Å². The second-order valence-electron chi connectivity index (χ2n) is 4.56. The van der Waals surface area contributed by atoms with E-state index in [4.69, 9.17) is 10.2 Å². The van der Waals surface area contributed by atoms with Gasteiger partial charge in [-0.1, -0.05) is 18.2 Å². The van der Waals surface area contributed by atoms with Gasteiger partial charge in [-0.05, 0) is 32.0 Å². The Kier molecular flexibility index (Phi) is 4.90. The first-order valence-corrected chi connectivity index (χ1v) is 6.69. The van der Waals surface area contributed by atoms with Crippen LogP contribution in [0, 0.1) is 6.92 Å². The predicted molar refractivity (Wildman–Crippen MR) is 77.1 cm³/mol. The Labute approximate surface area is 118 Å². The van der Waals surface area contributed by atoms with Gasteiger partial charge in [-0.15, -0.1) is 0 Å². The van der Waals surface area contributed by atoms with Crippen LogP contribution in [-0.2, 0) is 11.2 Å². The SMILES string of the molecule is Cc1oc(-c2ccccc2)nc1CC(=O)NCCCN. The molecule has 1 heterocycles. The topological polar surface area (TPSA) is 81.2 Å². The van der Waals surface area contributed by atoms with E-state index >= 15 is 0 Å². The molecule has 0 radical (unpaired) electrons. The monoisotopic (exact) mass is 273 g/mol. The third kappa shape index (κ3) is 3.68. The fourth-order valence-electron chi connectivity index (χ4n) is 1.84. The summed E-state index contributed by atoms with van der Waals surface area (Å²) >= 11 is 0. The molecule has 106 valence electrons. The van der Waals surface area contributed by atoms with E-state index in [2.05, 4.69) is 10.3 Å². The lowest BCUT2D eigenvalue weighted by molar-refractivity contribution is -0.120. The Balaban J connectivity index is 2.03. The maximum atomic E-state index is 11.8. The molecule has 0 aliphatic rings. The molecule has 0 aliphatic heterocycles. The molecule has 1 aromatic carbocycles. The number of amides is 1. The molecule has 0 spiro atoms. The zero-order valence-corrected chi connectivity index (χ0v) is 11.6. The number of aromatic nitrogens is 1. The lowest BCUT2D eigenvalue weighted by Gasteiger charge is -2.02. The average Bonchev–Trinajstić information content (AvgIpc) is 2.81. The van der Waals surface area contributed by atoms with Gasteiger partial charge in [0.25, 0.3) is 0 Å². The van der Waals surface area contributed by atoms with Crippen LogP contribution in [-0.4, -0.2) is 24.0 Å². The summed E-state index contributed by atoms with van der Waals surface area (Å²) in [4.78, 5) is 16.1. The van der Waals surface area contributed by atoms with E-state index in [-0.39, 0.29) is 12.3 Å². The molecule has 1 aromatic heterocycles. The first-order valence-electron chi connectivity index (χ1n) is 6.69. The van der Waals surface area contributed by atoms with Gasteiger partial charge in [0, 0.05) is 12.1 Å². The highest BCUT2D eigenvalue weighted by Crippen LogP contribution is 2.21. The van der Waals surface area contributed by atoms with Crippen LogP contribution in [0.1, 0.15) is 17.9 Å². The number of rotatable bonds is 6. The van der Waals surface area contributed by atoms with Gasteiger partial charge >= 0.3 is 0 Å². The Bertz CT molecular complexity index is 564. The maximum Gasteiger partial charge on any atom is 0.226 e. The normalized spacial score (nSPS) is 10.5. The van der Waals surface area contributed by atoms with Crippen molar-refractivity contribution in [3.63, 3.8) is 0 Å². The summed E-state index contributed by atoms with van der Waals surface area (Å²) in [5.41, 5.74) is 6.96. The Morgan fingerprint density at radius 2 is 2.10 bits per heavy atom. The molecule has 1 amide bonds. The van der Waals surface area contributed by atoms with Crippen molar-refractivity contribution in [2.24, 2.45) is 5.73 Å². The second-order valence-corrected chi connectivity index (χ2v) is 4.56. The molecule has 0 saturated carbocycles. The van der Waals surface area contributed by atoms with Gasteiger partial charge in [-0.3, -0.25) is 4.79 Å². The van der Waals surface area contributed by atoms with Crippen molar-refractivity contribution in [3.05, 3.63) is 41.8 Å². The van der Waals surface area contributed by atoms with Crippen LogP contribution in [0.15, 0.2) is 34.7 Å². The minimum Gasteiger partial charge on any atom is -0.441 e. The van der Waals surface area contributed by atoms with Crippen molar-refractivity contribution in [2.75, 3.05) is 13.1 Å². The van der Waals surface area contributed by atoms with Crippen LogP contribution in [0.2, 0.25) is 0 Å². The number of benzene rings is 1. The van der Waals surface area contributed by atoms with Crippen LogP contribution in [0.5, 0.6) is 0 Å². The van der Waals surface area contributed by atoms with Gasteiger partial charge in [0.1, 0.15) is 5.76 Å². The Morgan fingerprint density at radius 1 is 1.35 bits per heavy atom. The summed E-state index contributed by atoms with van der Waals surface area (Å²) in [6.45, 7) is 2.99. The molecule has 5 heteroatoms. The van der Waals surface area contributed by atoms with E-state index in [1.165, 1.54) is 0 Å². The number of aryl methyl sites for hydroxylation is 1. The number of nitrogens with zero attached hydrogens (tertiary/aromatic N) is 1. The van der Waals surface area contributed by atoms with Gasteiger partial charge in [-0.25, -0.2) is 4.98 Å². The van der Waals surface area contributed by atoms with Crippen LogP contribution in [0.4, 0.5) is 0 Å². The summed E-state index contributed by atoms with van der Waals surface area (Å²) in [6, 6.07) is 9.64. The summed E-state index contributed by atoms with van der Waals surface area (Å²) in [5.74, 6) is 1.17. The number of carbonyl (C=O) groups excluding carboxylic acids is 1. The molecule has 5 nitrogen and oxygen atoms in total. The average molecular weight is 273 g/mol. The molecule has 3 N–H and O–H groups in total. The van der Waals surface area contributed by atoms with Crippen molar-refractivity contribution in [1.29, 1.82) is 0 Å². The third-order valence-corrected chi connectivity index (χ3v) is 2.94. The lowest BCUT2D eigenvalue weighted by atomic mass is 10.2. The summed E-state index contributed by atoms with van der Waals surface area (Å²) in [7, 11) is 0. The van der Waals surface area contributed by atoms with Crippen LogP contribution < -0.4 is 11.1 Å². The minimum atomic E-state index is -0.0607. The number of hydrogen-bond donors (Lipinski definition) is 2. The fourth-order valence-corrected chi connectivity index (χ4v) is 1.84. The highest BCUT2D eigenvalue weighted by Gasteiger charge is 2.14. The summed E-state index contributed by atoms with van der Waals surface area (Å²) in [5, 5.41) is 2.81. The van der Waals surface area contributed by atoms with Gasteiger partial charge < -0.3 is 15.5 Å². The molecular weight excluding hydrogens is 254 g/mol. The molecule has 0 bridgehead atoms. The van der Waals surface area contributed by atoms with E-state index in [0.29, 0.717) is 30.4 Å². The molecule has 2 aromatic rings. The van der Waals surface area contributed by atoms with Gasteiger partial charge in [-0.2, -0.15) is 0 Å². The smallest absolute Gasteiger partial charge is 0.226 e. The second kappa shape index (κ2) is 6.86. The van der Waals surface area contributed by atoms with Crippen molar-refractivity contribution in [3.8, 4) is 11.5 Å². The molecule has 0 atom stereocenters. The van der Waals surface area contributed by atoms with E-state index < -0.39 is 0 Å². The van der Waals surface area contributed by atoms with Crippen molar-refractivity contribution in [2.45, 2.75) is 19.8 Å². The zero-order chi connectivity index (χ0) is 14.4. The van der Waals surface area contributed by atoms with Crippen LogP contribution >= 0.6 is 0 Å². The third-order valence-electron chi connectivity index (χ3n) is 2.94. The summed E-state index contributed by atoms with van der Waals surface area (Å²) < 4.78 is 5.62. The van der Waals surface area contributed by atoms with Crippen LogP contribution in [0.25, 0.3) is 11.5 Å². The Morgan fingerprint density at radius 3 is 2.80 bits per heavy atom. The molecule has 0 fully saturated rings. The van der Waals surface area contributed by atoms with E-state index in [1.807, 2.05) is 37.3 Å². The first-order chi connectivity index (χ1) is 9.70. The van der Waals surface area contributed by atoms with Gasteiger partial charge in [0.2, 0.25) is 11.8 Å². The molecule has 0 aliphatic carbocycles. The molecule has 0 saturated heterocycles. The number of nitrogens with one attached hydrogen (secondary N) is 1. The number of nitrogens with two attached hydrogens (primary N) is 1. The van der Waals surface area contributed by atoms with Gasteiger partial charge in [0.15, 0.2) is 0 Å². The van der Waals surface area contributed by atoms with E-state index in [0.717, 1.165) is 12.0 Å². The molecule has 2 rings (SSSR count). The van der Waals surface area contributed by atoms with Crippen molar-refractivity contribution >= 4 is 5.91 Å². The predicted octanol–water partition coefficient (Wildman–Crippen LogP) is 1.66. The lowest BCUT2D eigenvalue weighted by Crippen LogP contribution is -2.27. The van der Waals surface area contributed by atoms with Crippen LogP contribution in [0.3, 0.4) is 0 Å². The summed E-state index contributed by atoms with van der Waals surface area (Å²) in [6.07, 6.45) is 1.01. The van der Waals surface area contributed by atoms with Gasteiger partial charge in [0.05, 0.1) is 12.1 Å².